The Bertz CT molecular complexity index is 483. The van der Waals surface area contributed by atoms with Gasteiger partial charge in [-0.05, 0) is 23.6 Å². The first-order chi connectivity index (χ1) is 8.66. The molecule has 2 aromatic rings. The molecular formula is C15H21N3. The van der Waals surface area contributed by atoms with Gasteiger partial charge in [-0.3, -0.25) is 0 Å². The molecule has 1 aromatic heterocycles. The van der Waals surface area contributed by atoms with E-state index in [-0.39, 0.29) is 0 Å². The van der Waals surface area contributed by atoms with E-state index < -0.39 is 0 Å². The fourth-order valence-corrected chi connectivity index (χ4v) is 1.94. The number of rotatable bonds is 5. The van der Waals surface area contributed by atoms with Crippen LogP contribution in [0.4, 0.5) is 5.69 Å². The van der Waals surface area contributed by atoms with E-state index in [1.54, 1.807) is 0 Å². The van der Waals surface area contributed by atoms with E-state index >= 15 is 0 Å². The standard InChI is InChI=1S/C15H21N3/c1-12(2)13-4-6-14(7-5-13)16-9-8-15-17-10-11-18(15)3/h4-7,10-12,16H,8-9H2,1-3H3. The molecular weight excluding hydrogens is 222 g/mol. The monoisotopic (exact) mass is 243 g/mol. The van der Waals surface area contributed by atoms with Crippen molar-refractivity contribution in [3.63, 3.8) is 0 Å². The van der Waals surface area contributed by atoms with Crippen molar-refractivity contribution < 1.29 is 0 Å². The van der Waals surface area contributed by atoms with Crippen LogP contribution in [0.15, 0.2) is 36.7 Å². The lowest BCUT2D eigenvalue weighted by atomic mass is 10.0. The van der Waals surface area contributed by atoms with E-state index in [1.165, 1.54) is 11.3 Å². The maximum absolute atomic E-state index is 4.31. The Hall–Kier alpha value is -1.77. The van der Waals surface area contributed by atoms with Gasteiger partial charge in [-0.2, -0.15) is 0 Å². The summed E-state index contributed by atoms with van der Waals surface area (Å²) in [7, 11) is 2.03. The topological polar surface area (TPSA) is 29.9 Å². The lowest BCUT2D eigenvalue weighted by Crippen LogP contribution is -2.08. The first-order valence-corrected chi connectivity index (χ1v) is 6.47. The Morgan fingerprint density at radius 3 is 2.50 bits per heavy atom. The predicted molar refractivity (Wildman–Crippen MR) is 75.9 cm³/mol. The largest absolute Gasteiger partial charge is 0.385 e. The number of hydrogen-bond acceptors (Lipinski definition) is 2. The summed E-state index contributed by atoms with van der Waals surface area (Å²) < 4.78 is 2.06. The van der Waals surface area contributed by atoms with Crippen LogP contribution in [0.2, 0.25) is 0 Å². The second-order valence-corrected chi connectivity index (χ2v) is 4.91. The van der Waals surface area contributed by atoms with Crippen LogP contribution in [-0.2, 0) is 13.5 Å². The average Bonchev–Trinajstić information content (AvgIpc) is 2.76. The minimum atomic E-state index is 0.589. The Morgan fingerprint density at radius 1 is 1.22 bits per heavy atom. The summed E-state index contributed by atoms with van der Waals surface area (Å²) in [6.45, 7) is 5.33. The molecule has 18 heavy (non-hydrogen) atoms. The van der Waals surface area contributed by atoms with E-state index in [0.29, 0.717) is 5.92 Å². The van der Waals surface area contributed by atoms with Gasteiger partial charge in [-0.15, -0.1) is 0 Å². The van der Waals surface area contributed by atoms with Gasteiger partial charge in [0.1, 0.15) is 5.82 Å². The lowest BCUT2D eigenvalue weighted by molar-refractivity contribution is 0.789. The van der Waals surface area contributed by atoms with Crippen LogP contribution in [0.1, 0.15) is 31.2 Å². The van der Waals surface area contributed by atoms with Crippen molar-refractivity contribution in [2.45, 2.75) is 26.2 Å². The highest BCUT2D eigenvalue weighted by molar-refractivity contribution is 5.45. The number of hydrogen-bond donors (Lipinski definition) is 1. The molecule has 0 radical (unpaired) electrons. The van der Waals surface area contributed by atoms with Gasteiger partial charge in [0.2, 0.25) is 0 Å². The van der Waals surface area contributed by atoms with Crippen molar-refractivity contribution in [3.05, 3.63) is 48.0 Å². The molecule has 0 aliphatic heterocycles. The summed E-state index contributed by atoms with van der Waals surface area (Å²) in [4.78, 5) is 4.31. The number of aromatic nitrogens is 2. The van der Waals surface area contributed by atoms with Crippen molar-refractivity contribution in [1.82, 2.24) is 9.55 Å². The number of anilines is 1. The fraction of sp³-hybridized carbons (Fsp3) is 0.400. The highest BCUT2D eigenvalue weighted by Gasteiger charge is 2.00. The number of imidazole rings is 1. The first kappa shape index (κ1) is 12.7. The molecule has 2 rings (SSSR count). The van der Waals surface area contributed by atoms with Crippen LogP contribution in [0, 0.1) is 0 Å². The molecule has 0 bridgehead atoms. The van der Waals surface area contributed by atoms with E-state index in [4.69, 9.17) is 0 Å². The molecule has 3 nitrogen and oxygen atoms in total. The van der Waals surface area contributed by atoms with Crippen LogP contribution in [-0.4, -0.2) is 16.1 Å². The maximum atomic E-state index is 4.31. The van der Waals surface area contributed by atoms with E-state index in [9.17, 15) is 0 Å². The van der Waals surface area contributed by atoms with Crippen molar-refractivity contribution in [1.29, 1.82) is 0 Å². The average molecular weight is 243 g/mol. The van der Waals surface area contributed by atoms with Crippen LogP contribution in [0.25, 0.3) is 0 Å². The number of benzene rings is 1. The van der Waals surface area contributed by atoms with Crippen molar-refractivity contribution in [3.8, 4) is 0 Å². The molecule has 0 aliphatic carbocycles. The summed E-state index contributed by atoms with van der Waals surface area (Å²) in [5.41, 5.74) is 2.55. The molecule has 96 valence electrons. The molecule has 1 heterocycles. The third-order valence-corrected chi connectivity index (χ3v) is 3.18. The van der Waals surface area contributed by atoms with Crippen LogP contribution in [0.5, 0.6) is 0 Å². The lowest BCUT2D eigenvalue weighted by Gasteiger charge is -2.09. The Kier molecular flexibility index (Phi) is 4.03. The SMILES string of the molecule is CC(C)c1ccc(NCCc2nccn2C)cc1. The summed E-state index contributed by atoms with van der Waals surface area (Å²) in [6, 6.07) is 8.67. The molecule has 0 fully saturated rings. The Balaban J connectivity index is 1.85. The van der Waals surface area contributed by atoms with Gasteiger partial charge in [0.05, 0.1) is 0 Å². The molecule has 3 heteroatoms. The number of nitrogens with zero attached hydrogens (tertiary/aromatic N) is 2. The van der Waals surface area contributed by atoms with Gasteiger partial charge in [0.25, 0.3) is 0 Å². The second-order valence-electron chi connectivity index (χ2n) is 4.91. The highest BCUT2D eigenvalue weighted by atomic mass is 15.0. The molecule has 0 atom stereocenters. The highest BCUT2D eigenvalue weighted by Crippen LogP contribution is 2.16. The third-order valence-electron chi connectivity index (χ3n) is 3.18. The summed E-state index contributed by atoms with van der Waals surface area (Å²) in [5, 5.41) is 3.42. The zero-order chi connectivity index (χ0) is 13.0. The molecule has 1 N–H and O–H groups in total. The summed E-state index contributed by atoms with van der Waals surface area (Å²) in [6.07, 6.45) is 4.76. The van der Waals surface area contributed by atoms with Gasteiger partial charge in [0, 0.05) is 38.1 Å². The summed E-state index contributed by atoms with van der Waals surface area (Å²) in [5.74, 6) is 1.70. The van der Waals surface area contributed by atoms with Crippen molar-refractivity contribution in [2.75, 3.05) is 11.9 Å². The fourth-order valence-electron chi connectivity index (χ4n) is 1.94. The third kappa shape index (κ3) is 3.13. The van der Waals surface area contributed by atoms with E-state index in [1.807, 2.05) is 19.4 Å². The normalized spacial score (nSPS) is 10.9. The quantitative estimate of drug-likeness (QED) is 0.874. The minimum absolute atomic E-state index is 0.589. The van der Waals surface area contributed by atoms with E-state index in [0.717, 1.165) is 18.8 Å². The Labute approximate surface area is 109 Å². The number of nitrogens with one attached hydrogen (secondary N) is 1. The second kappa shape index (κ2) is 5.71. The van der Waals surface area contributed by atoms with Crippen LogP contribution in [0.3, 0.4) is 0 Å². The van der Waals surface area contributed by atoms with Crippen molar-refractivity contribution >= 4 is 5.69 Å². The van der Waals surface area contributed by atoms with Gasteiger partial charge in [-0.25, -0.2) is 4.98 Å². The van der Waals surface area contributed by atoms with Gasteiger partial charge in [0.15, 0.2) is 0 Å². The van der Waals surface area contributed by atoms with Gasteiger partial charge >= 0.3 is 0 Å². The number of aryl methyl sites for hydroxylation is 1. The first-order valence-electron chi connectivity index (χ1n) is 6.47. The summed E-state index contributed by atoms with van der Waals surface area (Å²) >= 11 is 0. The molecule has 1 aromatic carbocycles. The zero-order valence-electron chi connectivity index (χ0n) is 11.4. The smallest absolute Gasteiger partial charge is 0.110 e. The zero-order valence-corrected chi connectivity index (χ0v) is 11.4. The minimum Gasteiger partial charge on any atom is -0.385 e. The van der Waals surface area contributed by atoms with Crippen molar-refractivity contribution in [2.24, 2.45) is 7.05 Å². The maximum Gasteiger partial charge on any atom is 0.110 e. The molecule has 0 saturated carbocycles. The predicted octanol–water partition coefficient (Wildman–Crippen LogP) is 3.20. The molecule has 0 aliphatic rings. The van der Waals surface area contributed by atoms with Crippen LogP contribution < -0.4 is 5.32 Å². The van der Waals surface area contributed by atoms with Gasteiger partial charge in [-0.1, -0.05) is 26.0 Å². The molecule has 0 spiro atoms. The molecule has 0 saturated heterocycles. The van der Waals surface area contributed by atoms with Gasteiger partial charge < -0.3 is 9.88 Å². The van der Waals surface area contributed by atoms with E-state index in [2.05, 4.69) is 53.0 Å². The van der Waals surface area contributed by atoms with Crippen LogP contribution >= 0.6 is 0 Å². The molecule has 0 amide bonds. The Morgan fingerprint density at radius 2 is 1.94 bits per heavy atom. The molecule has 0 unspecified atom stereocenters.